The topological polar surface area (TPSA) is 77.1 Å². The van der Waals surface area contributed by atoms with Crippen LogP contribution >= 0.6 is 11.3 Å². The van der Waals surface area contributed by atoms with Crippen LogP contribution in [0, 0.1) is 0 Å². The van der Waals surface area contributed by atoms with Crippen molar-refractivity contribution in [1.82, 2.24) is 23.9 Å². The number of imidazole rings is 2. The Hall–Kier alpha value is -3.78. The van der Waals surface area contributed by atoms with Gasteiger partial charge in [0.05, 0.1) is 16.1 Å². The lowest BCUT2D eigenvalue weighted by atomic mass is 10.1. The Kier molecular flexibility index (Phi) is 4.18. The minimum atomic E-state index is -0.222. The number of aromatic nitrogens is 5. The number of rotatable bonds is 4. The fraction of sp³-hybridized carbons (Fsp3) is 0.0476. The first-order valence-electron chi connectivity index (χ1n) is 8.97. The van der Waals surface area contributed by atoms with Crippen LogP contribution in [0.1, 0.15) is 10.4 Å². The number of aryl methyl sites for hydroxylation is 1. The van der Waals surface area contributed by atoms with Crippen LogP contribution in [0.15, 0.2) is 73.4 Å². The van der Waals surface area contributed by atoms with Crippen molar-refractivity contribution >= 4 is 28.0 Å². The number of nitrogens with one attached hydrogen (secondary N) is 1. The van der Waals surface area contributed by atoms with Gasteiger partial charge in [-0.3, -0.25) is 10.1 Å². The molecule has 142 valence electrons. The second-order valence-corrected chi connectivity index (χ2v) is 7.49. The molecule has 0 saturated carbocycles. The molecule has 0 atom stereocenters. The van der Waals surface area contributed by atoms with Gasteiger partial charge in [0.15, 0.2) is 11.0 Å². The smallest absolute Gasteiger partial charge is 0.258 e. The second-order valence-electron chi connectivity index (χ2n) is 6.49. The minimum Gasteiger partial charge on any atom is -0.333 e. The normalized spacial score (nSPS) is 11.1. The van der Waals surface area contributed by atoms with Crippen LogP contribution in [0.25, 0.3) is 27.6 Å². The van der Waals surface area contributed by atoms with E-state index in [1.54, 1.807) is 24.7 Å². The molecule has 8 heteroatoms. The van der Waals surface area contributed by atoms with Crippen molar-refractivity contribution in [2.45, 2.75) is 0 Å². The zero-order valence-corrected chi connectivity index (χ0v) is 16.3. The summed E-state index contributed by atoms with van der Waals surface area (Å²) in [7, 11) is 1.94. The zero-order chi connectivity index (χ0) is 19.8. The van der Waals surface area contributed by atoms with Crippen molar-refractivity contribution in [2.75, 3.05) is 5.32 Å². The zero-order valence-electron chi connectivity index (χ0n) is 15.5. The van der Waals surface area contributed by atoms with Crippen molar-refractivity contribution in [2.24, 2.45) is 7.05 Å². The molecule has 1 N–H and O–H groups in total. The van der Waals surface area contributed by atoms with Gasteiger partial charge in [-0.05, 0) is 12.1 Å². The monoisotopic (exact) mass is 400 g/mol. The molecule has 0 aliphatic heterocycles. The van der Waals surface area contributed by atoms with Gasteiger partial charge < -0.3 is 8.97 Å². The number of nitrogens with zero attached hydrogens (tertiary/aromatic N) is 5. The fourth-order valence-electron chi connectivity index (χ4n) is 3.12. The summed E-state index contributed by atoms with van der Waals surface area (Å²) in [6.07, 6.45) is 8.90. The largest absolute Gasteiger partial charge is 0.333 e. The Morgan fingerprint density at radius 1 is 1.03 bits per heavy atom. The van der Waals surface area contributed by atoms with E-state index in [1.807, 2.05) is 64.8 Å². The summed E-state index contributed by atoms with van der Waals surface area (Å²) < 4.78 is 3.75. The number of hydrogen-bond donors (Lipinski definition) is 1. The van der Waals surface area contributed by atoms with Gasteiger partial charge in [0.2, 0.25) is 0 Å². The summed E-state index contributed by atoms with van der Waals surface area (Å²) in [5.41, 5.74) is 3.09. The first-order valence-corrected chi connectivity index (χ1v) is 9.79. The molecule has 1 amide bonds. The summed E-state index contributed by atoms with van der Waals surface area (Å²) >= 11 is 1.41. The van der Waals surface area contributed by atoms with Crippen LogP contribution in [-0.2, 0) is 7.05 Å². The Morgan fingerprint density at radius 2 is 1.86 bits per heavy atom. The molecular weight excluding hydrogens is 384 g/mol. The van der Waals surface area contributed by atoms with Crippen LogP contribution in [-0.4, -0.2) is 29.8 Å². The maximum absolute atomic E-state index is 12.8. The number of carbonyl (C=O) groups excluding carboxylic acids is 1. The lowest BCUT2D eigenvalue weighted by Crippen LogP contribution is -2.12. The van der Waals surface area contributed by atoms with E-state index in [2.05, 4.69) is 15.3 Å². The third-order valence-corrected chi connectivity index (χ3v) is 5.54. The van der Waals surface area contributed by atoms with Crippen molar-refractivity contribution in [3.8, 4) is 22.0 Å². The van der Waals surface area contributed by atoms with Gasteiger partial charge in [0, 0.05) is 43.6 Å². The molecule has 0 aliphatic rings. The molecule has 0 radical (unpaired) electrons. The number of benzene rings is 1. The van der Waals surface area contributed by atoms with E-state index in [0.29, 0.717) is 10.7 Å². The van der Waals surface area contributed by atoms with Crippen LogP contribution < -0.4 is 5.32 Å². The molecule has 0 aliphatic carbocycles. The molecule has 0 saturated heterocycles. The van der Waals surface area contributed by atoms with Gasteiger partial charge >= 0.3 is 0 Å². The van der Waals surface area contributed by atoms with Gasteiger partial charge in [-0.15, -0.1) is 0 Å². The number of amides is 1. The van der Waals surface area contributed by atoms with E-state index < -0.39 is 0 Å². The van der Waals surface area contributed by atoms with Gasteiger partial charge in [-0.2, -0.15) is 0 Å². The predicted molar refractivity (Wildman–Crippen MR) is 113 cm³/mol. The van der Waals surface area contributed by atoms with Crippen molar-refractivity contribution < 1.29 is 4.79 Å². The molecular formula is C21H16N6OS. The summed E-state index contributed by atoms with van der Waals surface area (Å²) in [4.78, 5) is 27.1. The Bertz CT molecular complexity index is 1320. The highest BCUT2D eigenvalue weighted by atomic mass is 32.1. The van der Waals surface area contributed by atoms with E-state index in [1.165, 1.54) is 11.3 Å². The molecule has 0 bridgehead atoms. The number of carbonyl (C=O) groups is 1. The summed E-state index contributed by atoms with van der Waals surface area (Å²) in [5.74, 6) is 0.585. The molecule has 5 aromatic rings. The number of anilines is 1. The summed E-state index contributed by atoms with van der Waals surface area (Å²) in [6.45, 7) is 0. The number of hydrogen-bond acceptors (Lipinski definition) is 5. The Morgan fingerprint density at radius 3 is 2.66 bits per heavy atom. The third kappa shape index (κ3) is 3.19. The first kappa shape index (κ1) is 17.3. The van der Waals surface area contributed by atoms with Crippen LogP contribution in [0.4, 0.5) is 5.13 Å². The Balaban J connectivity index is 1.52. The van der Waals surface area contributed by atoms with E-state index in [4.69, 9.17) is 4.98 Å². The minimum absolute atomic E-state index is 0.222. The van der Waals surface area contributed by atoms with E-state index in [9.17, 15) is 4.79 Å². The maximum atomic E-state index is 12.8. The SMILES string of the molecule is Cn1ccnc1-c1sc(NC(=O)c2ccc3nccn3c2)nc1-c1ccccc1. The highest BCUT2D eigenvalue weighted by Crippen LogP contribution is 2.38. The third-order valence-electron chi connectivity index (χ3n) is 4.57. The fourth-order valence-corrected chi connectivity index (χ4v) is 4.15. The quantitative estimate of drug-likeness (QED) is 0.492. The van der Waals surface area contributed by atoms with E-state index >= 15 is 0 Å². The van der Waals surface area contributed by atoms with Crippen molar-refractivity contribution in [3.05, 3.63) is 79.0 Å². The summed E-state index contributed by atoms with van der Waals surface area (Å²) in [6, 6.07) is 13.5. The van der Waals surface area contributed by atoms with E-state index in [0.717, 1.165) is 27.6 Å². The molecule has 4 aromatic heterocycles. The Labute approximate surface area is 170 Å². The van der Waals surface area contributed by atoms with Crippen molar-refractivity contribution in [3.63, 3.8) is 0 Å². The van der Waals surface area contributed by atoms with Gasteiger partial charge in [0.1, 0.15) is 5.65 Å². The second kappa shape index (κ2) is 6.99. The number of thiazole rings is 1. The van der Waals surface area contributed by atoms with Crippen LogP contribution in [0.3, 0.4) is 0 Å². The maximum Gasteiger partial charge on any atom is 0.258 e. The standard InChI is InChI=1S/C21H16N6OS/c1-26-11-9-23-19(26)18-17(14-5-3-2-4-6-14)24-21(29-18)25-20(28)15-7-8-16-22-10-12-27(16)13-15/h2-13H,1H3,(H,24,25,28). The first-order chi connectivity index (χ1) is 14.2. The molecule has 1 aromatic carbocycles. The highest BCUT2D eigenvalue weighted by molar-refractivity contribution is 7.19. The van der Waals surface area contributed by atoms with Gasteiger partial charge in [0.25, 0.3) is 5.91 Å². The molecule has 0 spiro atoms. The number of fused-ring (bicyclic) bond motifs is 1. The lowest BCUT2D eigenvalue weighted by Gasteiger charge is -2.02. The van der Waals surface area contributed by atoms with Gasteiger partial charge in [-0.25, -0.2) is 15.0 Å². The highest BCUT2D eigenvalue weighted by Gasteiger charge is 2.19. The molecule has 5 rings (SSSR count). The molecule has 0 fully saturated rings. The van der Waals surface area contributed by atoms with Crippen LogP contribution in [0.5, 0.6) is 0 Å². The van der Waals surface area contributed by atoms with Gasteiger partial charge in [-0.1, -0.05) is 41.7 Å². The molecule has 29 heavy (non-hydrogen) atoms. The lowest BCUT2D eigenvalue weighted by molar-refractivity contribution is 0.102. The number of pyridine rings is 1. The molecule has 7 nitrogen and oxygen atoms in total. The average molecular weight is 400 g/mol. The molecule has 4 heterocycles. The summed E-state index contributed by atoms with van der Waals surface area (Å²) in [5, 5.41) is 3.45. The van der Waals surface area contributed by atoms with E-state index in [-0.39, 0.29) is 5.91 Å². The predicted octanol–water partition coefficient (Wildman–Crippen LogP) is 4.11. The molecule has 0 unspecified atom stereocenters. The van der Waals surface area contributed by atoms with Crippen molar-refractivity contribution in [1.29, 1.82) is 0 Å². The average Bonchev–Trinajstić information content (AvgIpc) is 3.47. The van der Waals surface area contributed by atoms with Crippen LogP contribution in [0.2, 0.25) is 0 Å².